The monoisotopic (exact) mass is 386 g/mol. The van der Waals surface area contributed by atoms with E-state index in [9.17, 15) is 9.18 Å². The summed E-state index contributed by atoms with van der Waals surface area (Å²) in [6.45, 7) is 0. The zero-order valence-corrected chi connectivity index (χ0v) is 13.9. The summed E-state index contributed by atoms with van der Waals surface area (Å²) in [5.74, 6) is -0.383. The highest BCUT2D eigenvalue weighted by molar-refractivity contribution is 9.10. The van der Waals surface area contributed by atoms with Crippen LogP contribution in [0.3, 0.4) is 0 Å². The number of carbonyl (C=O) groups excluding carboxylic acids is 1. The first-order valence-corrected chi connectivity index (χ1v) is 7.81. The molecule has 1 heterocycles. The largest absolute Gasteiger partial charge is 0.340 e. The van der Waals surface area contributed by atoms with Crippen molar-refractivity contribution in [3.05, 3.63) is 76.9 Å². The Balaban J connectivity index is 1.74. The predicted octanol–water partition coefficient (Wildman–Crippen LogP) is 4.37. The number of halogens is 2. The molecular formula is C17H12BrFN4O. The maximum absolute atomic E-state index is 13.2. The van der Waals surface area contributed by atoms with E-state index < -0.39 is 11.7 Å². The van der Waals surface area contributed by atoms with Crippen LogP contribution in [-0.2, 0) is 0 Å². The molecule has 7 heteroatoms. The number of anilines is 3. The van der Waals surface area contributed by atoms with Crippen LogP contribution in [0, 0.1) is 5.82 Å². The Morgan fingerprint density at radius 1 is 1.00 bits per heavy atom. The van der Waals surface area contributed by atoms with Gasteiger partial charge in [-0.25, -0.2) is 14.4 Å². The van der Waals surface area contributed by atoms with Gasteiger partial charge in [0.05, 0.1) is 0 Å². The summed E-state index contributed by atoms with van der Waals surface area (Å²) in [6, 6.07) is 14.7. The van der Waals surface area contributed by atoms with Gasteiger partial charge in [0.2, 0.25) is 0 Å². The lowest BCUT2D eigenvalue weighted by Gasteiger charge is -2.08. The zero-order chi connectivity index (χ0) is 16.9. The molecule has 1 aromatic heterocycles. The predicted molar refractivity (Wildman–Crippen MR) is 93.8 cm³/mol. The van der Waals surface area contributed by atoms with E-state index >= 15 is 0 Å². The molecule has 0 aliphatic carbocycles. The van der Waals surface area contributed by atoms with Crippen molar-refractivity contribution in [3.63, 3.8) is 0 Å². The number of hydrogen-bond acceptors (Lipinski definition) is 4. The molecular weight excluding hydrogens is 375 g/mol. The lowest BCUT2D eigenvalue weighted by Crippen LogP contribution is -2.14. The van der Waals surface area contributed by atoms with Crippen molar-refractivity contribution in [1.29, 1.82) is 0 Å². The molecule has 0 aliphatic rings. The highest BCUT2D eigenvalue weighted by Gasteiger charge is 2.10. The Kier molecular flexibility index (Phi) is 4.81. The SMILES string of the molecule is O=C(Nc1cccc(F)c1)c1cc(Nc2ccc(Br)cc2)ncn1. The molecule has 0 fully saturated rings. The molecule has 2 aromatic carbocycles. The molecule has 0 bridgehead atoms. The number of nitrogens with one attached hydrogen (secondary N) is 2. The number of benzene rings is 2. The second kappa shape index (κ2) is 7.18. The first-order valence-electron chi connectivity index (χ1n) is 7.02. The fraction of sp³-hybridized carbons (Fsp3) is 0. The van der Waals surface area contributed by atoms with Crippen molar-refractivity contribution in [2.24, 2.45) is 0 Å². The average Bonchev–Trinajstić information content (AvgIpc) is 2.57. The van der Waals surface area contributed by atoms with Crippen molar-refractivity contribution in [2.45, 2.75) is 0 Å². The van der Waals surface area contributed by atoms with E-state index in [2.05, 4.69) is 36.5 Å². The van der Waals surface area contributed by atoms with Crippen molar-refractivity contribution >= 4 is 39.0 Å². The van der Waals surface area contributed by atoms with Gasteiger partial charge in [-0.05, 0) is 42.5 Å². The Bertz CT molecular complexity index is 870. The third-order valence-electron chi connectivity index (χ3n) is 3.10. The molecule has 0 saturated carbocycles. The van der Waals surface area contributed by atoms with Gasteiger partial charge in [-0.2, -0.15) is 0 Å². The van der Waals surface area contributed by atoms with Crippen LogP contribution in [0.1, 0.15) is 10.5 Å². The maximum Gasteiger partial charge on any atom is 0.274 e. The molecule has 0 aliphatic heterocycles. The van der Waals surface area contributed by atoms with Crippen LogP contribution in [0.15, 0.2) is 65.4 Å². The molecule has 3 rings (SSSR count). The van der Waals surface area contributed by atoms with E-state index in [1.54, 1.807) is 6.07 Å². The van der Waals surface area contributed by atoms with Crippen molar-refractivity contribution in [2.75, 3.05) is 10.6 Å². The minimum atomic E-state index is -0.443. The Hall–Kier alpha value is -2.80. The number of nitrogens with zero attached hydrogens (tertiary/aromatic N) is 2. The van der Waals surface area contributed by atoms with Crippen LogP contribution in [0.5, 0.6) is 0 Å². The molecule has 0 spiro atoms. The summed E-state index contributed by atoms with van der Waals surface area (Å²) in [4.78, 5) is 20.3. The number of rotatable bonds is 4. The van der Waals surface area contributed by atoms with E-state index in [4.69, 9.17) is 0 Å². The lowest BCUT2D eigenvalue weighted by molar-refractivity contribution is 0.102. The Morgan fingerprint density at radius 2 is 1.79 bits per heavy atom. The Labute approximate surface area is 146 Å². The first-order chi connectivity index (χ1) is 11.6. The fourth-order valence-electron chi connectivity index (χ4n) is 1.99. The second-order valence-electron chi connectivity index (χ2n) is 4.88. The molecule has 0 unspecified atom stereocenters. The number of aromatic nitrogens is 2. The van der Waals surface area contributed by atoms with E-state index in [1.807, 2.05) is 24.3 Å². The fourth-order valence-corrected chi connectivity index (χ4v) is 2.26. The van der Waals surface area contributed by atoms with Crippen molar-refractivity contribution < 1.29 is 9.18 Å². The summed E-state index contributed by atoms with van der Waals surface area (Å²) in [6.07, 6.45) is 1.29. The van der Waals surface area contributed by atoms with Crippen LogP contribution in [0.4, 0.5) is 21.6 Å². The smallest absolute Gasteiger partial charge is 0.274 e. The normalized spacial score (nSPS) is 10.2. The summed E-state index contributed by atoms with van der Waals surface area (Å²) >= 11 is 3.37. The molecule has 0 radical (unpaired) electrons. The molecule has 120 valence electrons. The quantitative estimate of drug-likeness (QED) is 0.698. The lowest BCUT2D eigenvalue weighted by atomic mass is 10.3. The van der Waals surface area contributed by atoms with Gasteiger partial charge in [0.1, 0.15) is 23.7 Å². The summed E-state index contributed by atoms with van der Waals surface area (Å²) < 4.78 is 14.1. The van der Waals surface area contributed by atoms with E-state index in [0.29, 0.717) is 11.5 Å². The van der Waals surface area contributed by atoms with Gasteiger partial charge in [0.25, 0.3) is 5.91 Å². The minimum Gasteiger partial charge on any atom is -0.340 e. The number of carbonyl (C=O) groups is 1. The second-order valence-corrected chi connectivity index (χ2v) is 5.80. The van der Waals surface area contributed by atoms with Gasteiger partial charge >= 0.3 is 0 Å². The van der Waals surface area contributed by atoms with Crippen LogP contribution < -0.4 is 10.6 Å². The average molecular weight is 387 g/mol. The molecule has 3 aromatic rings. The summed E-state index contributed by atoms with van der Waals surface area (Å²) in [5, 5.41) is 5.68. The van der Waals surface area contributed by atoms with Crippen molar-refractivity contribution in [3.8, 4) is 0 Å². The molecule has 5 nitrogen and oxygen atoms in total. The summed E-state index contributed by atoms with van der Waals surface area (Å²) in [7, 11) is 0. The van der Waals surface area contributed by atoms with Crippen LogP contribution in [0.2, 0.25) is 0 Å². The van der Waals surface area contributed by atoms with E-state index in [0.717, 1.165) is 10.2 Å². The van der Waals surface area contributed by atoms with Gasteiger partial charge in [0, 0.05) is 21.9 Å². The third-order valence-corrected chi connectivity index (χ3v) is 3.63. The molecule has 2 N–H and O–H groups in total. The summed E-state index contributed by atoms with van der Waals surface area (Å²) in [5.41, 5.74) is 1.36. The molecule has 1 amide bonds. The van der Waals surface area contributed by atoms with Crippen LogP contribution in [0.25, 0.3) is 0 Å². The van der Waals surface area contributed by atoms with E-state index in [-0.39, 0.29) is 5.69 Å². The minimum absolute atomic E-state index is 0.175. The highest BCUT2D eigenvalue weighted by atomic mass is 79.9. The standard InChI is InChI=1S/C17H12BrFN4O/c18-11-4-6-13(7-5-11)22-16-9-15(20-10-21-16)17(24)23-14-3-1-2-12(19)8-14/h1-10H,(H,23,24)(H,20,21,22). The topological polar surface area (TPSA) is 66.9 Å². The van der Waals surface area contributed by atoms with Gasteiger partial charge in [0.15, 0.2) is 0 Å². The highest BCUT2D eigenvalue weighted by Crippen LogP contribution is 2.18. The molecule has 24 heavy (non-hydrogen) atoms. The number of amides is 1. The third kappa shape index (κ3) is 4.14. The molecule has 0 saturated heterocycles. The van der Waals surface area contributed by atoms with Gasteiger partial charge < -0.3 is 10.6 Å². The van der Waals surface area contributed by atoms with Crippen LogP contribution in [-0.4, -0.2) is 15.9 Å². The van der Waals surface area contributed by atoms with Crippen LogP contribution >= 0.6 is 15.9 Å². The maximum atomic E-state index is 13.2. The van der Waals surface area contributed by atoms with Gasteiger partial charge in [-0.15, -0.1) is 0 Å². The molecule has 0 atom stereocenters. The zero-order valence-electron chi connectivity index (χ0n) is 12.3. The van der Waals surface area contributed by atoms with Gasteiger partial charge in [-0.3, -0.25) is 4.79 Å². The van der Waals surface area contributed by atoms with E-state index in [1.165, 1.54) is 30.6 Å². The van der Waals surface area contributed by atoms with Crippen molar-refractivity contribution in [1.82, 2.24) is 9.97 Å². The first kappa shape index (κ1) is 16.1. The number of hydrogen-bond donors (Lipinski definition) is 2. The Morgan fingerprint density at radius 3 is 2.54 bits per heavy atom. The van der Waals surface area contributed by atoms with Gasteiger partial charge in [-0.1, -0.05) is 22.0 Å².